The number of amides is 2. The summed E-state index contributed by atoms with van der Waals surface area (Å²) in [5.74, 6) is -2.03. The lowest BCUT2D eigenvalue weighted by Gasteiger charge is -2.10. The minimum atomic E-state index is -0.782. The van der Waals surface area contributed by atoms with Crippen molar-refractivity contribution in [3.05, 3.63) is 51.0 Å². The number of nitrogens with one attached hydrogen (secondary N) is 2. The number of hydrogen-bond acceptors (Lipinski definition) is 3. The first-order valence-corrected chi connectivity index (χ1v) is 7.28. The third-order valence-electron chi connectivity index (χ3n) is 2.97. The molecule has 0 unspecified atom stereocenters. The molecule has 23 heavy (non-hydrogen) atoms. The van der Waals surface area contributed by atoms with Crippen molar-refractivity contribution in [1.29, 1.82) is 0 Å². The zero-order valence-corrected chi connectivity index (χ0v) is 13.8. The summed E-state index contributed by atoms with van der Waals surface area (Å²) in [5.41, 5.74) is 5.83. The van der Waals surface area contributed by atoms with Gasteiger partial charge in [0.05, 0.1) is 21.3 Å². The average Bonchev–Trinajstić information content (AvgIpc) is 2.78. The Morgan fingerprint density at radius 1 is 1.17 bits per heavy atom. The summed E-state index contributed by atoms with van der Waals surface area (Å²) in [6, 6.07) is 3.83. The molecule has 0 atom stereocenters. The summed E-state index contributed by atoms with van der Waals surface area (Å²) in [6.45, 7) is 3.55. The molecule has 2 amide bonds. The zero-order valence-electron chi connectivity index (χ0n) is 12.3. The number of hydrogen-bond donors (Lipinski definition) is 2. The normalized spacial score (nSPS) is 10.5. The van der Waals surface area contributed by atoms with Crippen LogP contribution in [0.2, 0.25) is 10.0 Å². The summed E-state index contributed by atoms with van der Waals surface area (Å²) < 4.78 is 14.9. The molecule has 9 heteroatoms. The van der Waals surface area contributed by atoms with E-state index >= 15 is 0 Å². The number of halogens is 3. The molecule has 2 N–H and O–H groups in total. The van der Waals surface area contributed by atoms with Gasteiger partial charge in [-0.1, -0.05) is 23.2 Å². The van der Waals surface area contributed by atoms with Crippen LogP contribution in [-0.4, -0.2) is 21.6 Å². The summed E-state index contributed by atoms with van der Waals surface area (Å²) >= 11 is 11.4. The smallest absolute Gasteiger partial charge is 0.271 e. The molecule has 6 nitrogen and oxygen atoms in total. The molecular weight excluding hydrogens is 346 g/mol. The maximum Gasteiger partial charge on any atom is 0.271 e. The molecule has 0 aliphatic rings. The topological polar surface area (TPSA) is 76.0 Å². The van der Waals surface area contributed by atoms with Gasteiger partial charge in [0, 0.05) is 5.69 Å². The predicted molar refractivity (Wildman–Crippen MR) is 83.7 cm³/mol. The highest BCUT2D eigenvalue weighted by Gasteiger charge is 2.15. The average molecular weight is 359 g/mol. The first-order valence-electron chi connectivity index (χ1n) is 6.52. The van der Waals surface area contributed by atoms with E-state index in [1.165, 1.54) is 4.68 Å². The van der Waals surface area contributed by atoms with E-state index in [9.17, 15) is 14.0 Å². The van der Waals surface area contributed by atoms with Crippen molar-refractivity contribution in [3.8, 4) is 0 Å². The molecule has 0 spiro atoms. The fourth-order valence-corrected chi connectivity index (χ4v) is 2.37. The van der Waals surface area contributed by atoms with E-state index in [2.05, 4.69) is 16.0 Å². The van der Waals surface area contributed by atoms with Gasteiger partial charge in [0.1, 0.15) is 12.4 Å². The van der Waals surface area contributed by atoms with Crippen LogP contribution in [0.5, 0.6) is 0 Å². The summed E-state index contributed by atoms with van der Waals surface area (Å²) in [5, 5.41) is 3.91. The second-order valence-electron chi connectivity index (χ2n) is 4.83. The number of carbonyl (C=O) groups is 2. The molecule has 0 aliphatic heterocycles. The first-order chi connectivity index (χ1) is 10.8. The van der Waals surface area contributed by atoms with Gasteiger partial charge in [-0.15, -0.1) is 0 Å². The van der Waals surface area contributed by atoms with Gasteiger partial charge in [-0.25, -0.2) is 4.39 Å². The lowest BCUT2D eigenvalue weighted by molar-refractivity contribution is -0.122. The molecule has 2 aromatic rings. The van der Waals surface area contributed by atoms with E-state index in [0.29, 0.717) is 0 Å². The fourth-order valence-electron chi connectivity index (χ4n) is 1.90. The number of carbonyl (C=O) groups excluding carboxylic acids is 2. The van der Waals surface area contributed by atoms with Crippen LogP contribution in [0.3, 0.4) is 0 Å². The van der Waals surface area contributed by atoms with Gasteiger partial charge in [0.2, 0.25) is 0 Å². The number of aromatic nitrogens is 2. The van der Waals surface area contributed by atoms with Crippen molar-refractivity contribution in [2.75, 3.05) is 0 Å². The summed E-state index contributed by atoms with van der Waals surface area (Å²) in [7, 11) is 0. The number of nitrogens with zero attached hydrogens (tertiary/aromatic N) is 2. The number of hydrazine groups is 1. The lowest BCUT2D eigenvalue weighted by Crippen LogP contribution is -2.43. The maximum absolute atomic E-state index is 13.4. The molecule has 0 fully saturated rings. The molecule has 2 rings (SSSR count). The van der Waals surface area contributed by atoms with Gasteiger partial charge in [0.25, 0.3) is 11.8 Å². The van der Waals surface area contributed by atoms with Crippen LogP contribution in [0.1, 0.15) is 21.7 Å². The molecule has 0 bridgehead atoms. The maximum atomic E-state index is 13.4. The Labute approximate surface area is 141 Å². The highest BCUT2D eigenvalue weighted by atomic mass is 35.5. The Morgan fingerprint density at radius 2 is 1.87 bits per heavy atom. The molecule has 0 saturated heterocycles. The van der Waals surface area contributed by atoms with Gasteiger partial charge in [0.15, 0.2) is 0 Å². The largest absolute Gasteiger partial charge is 0.271 e. The standard InChI is InChI=1S/C14H13Cl2FN4O2/c1-7-3-8(2)21(20-7)6-13(22)18-19-14(23)9-4-12(17)11(16)5-10(9)15/h3-5H,6H2,1-2H3,(H,18,22)(H,19,23). The minimum absolute atomic E-state index is 0.0262. The predicted octanol–water partition coefficient (Wildman–Crippen LogP) is 2.41. The van der Waals surface area contributed by atoms with E-state index in [1.807, 2.05) is 13.0 Å². The van der Waals surface area contributed by atoms with Crippen LogP contribution < -0.4 is 10.9 Å². The minimum Gasteiger partial charge on any atom is -0.271 e. The van der Waals surface area contributed by atoms with Crippen molar-refractivity contribution in [2.24, 2.45) is 0 Å². The van der Waals surface area contributed by atoms with Crippen LogP contribution in [0, 0.1) is 19.7 Å². The third-order valence-corrected chi connectivity index (χ3v) is 3.57. The van der Waals surface area contributed by atoms with E-state index in [1.54, 1.807) is 6.92 Å². The molecule has 1 aromatic carbocycles. The molecule has 0 aliphatic carbocycles. The van der Waals surface area contributed by atoms with Crippen molar-refractivity contribution >= 4 is 35.0 Å². The van der Waals surface area contributed by atoms with Gasteiger partial charge in [-0.2, -0.15) is 5.10 Å². The third kappa shape index (κ3) is 4.20. The van der Waals surface area contributed by atoms with Crippen LogP contribution in [0.25, 0.3) is 0 Å². The molecule has 122 valence electrons. The van der Waals surface area contributed by atoms with E-state index in [4.69, 9.17) is 23.2 Å². The van der Waals surface area contributed by atoms with Crippen LogP contribution in [-0.2, 0) is 11.3 Å². The van der Waals surface area contributed by atoms with Crippen molar-refractivity contribution in [2.45, 2.75) is 20.4 Å². The van der Waals surface area contributed by atoms with Crippen molar-refractivity contribution < 1.29 is 14.0 Å². The van der Waals surface area contributed by atoms with Gasteiger partial charge >= 0.3 is 0 Å². The molecule has 0 saturated carbocycles. The lowest BCUT2D eigenvalue weighted by atomic mass is 10.2. The Morgan fingerprint density at radius 3 is 2.48 bits per heavy atom. The Hall–Kier alpha value is -2.12. The van der Waals surface area contributed by atoms with Crippen LogP contribution in [0.4, 0.5) is 4.39 Å². The van der Waals surface area contributed by atoms with Crippen molar-refractivity contribution in [3.63, 3.8) is 0 Å². The quantitative estimate of drug-likeness (QED) is 0.653. The first kappa shape index (κ1) is 17.2. The Balaban J connectivity index is 1.98. The van der Waals surface area contributed by atoms with E-state index in [0.717, 1.165) is 23.5 Å². The van der Waals surface area contributed by atoms with Gasteiger partial charge < -0.3 is 0 Å². The highest BCUT2D eigenvalue weighted by molar-refractivity contribution is 6.36. The Bertz CT molecular complexity index is 776. The Kier molecular flexibility index (Phi) is 5.23. The van der Waals surface area contributed by atoms with Gasteiger partial charge in [-0.05, 0) is 32.0 Å². The van der Waals surface area contributed by atoms with Crippen LogP contribution >= 0.6 is 23.2 Å². The second-order valence-corrected chi connectivity index (χ2v) is 5.65. The van der Waals surface area contributed by atoms with Gasteiger partial charge in [-0.3, -0.25) is 25.1 Å². The molecule has 1 aromatic heterocycles. The van der Waals surface area contributed by atoms with Crippen LogP contribution in [0.15, 0.2) is 18.2 Å². The SMILES string of the molecule is Cc1cc(C)n(CC(=O)NNC(=O)c2cc(F)c(Cl)cc2Cl)n1. The van der Waals surface area contributed by atoms with Crippen molar-refractivity contribution in [1.82, 2.24) is 20.6 Å². The molecular formula is C14H13Cl2FN4O2. The highest BCUT2D eigenvalue weighted by Crippen LogP contribution is 2.24. The number of rotatable bonds is 3. The second kappa shape index (κ2) is 6.97. The fraction of sp³-hybridized carbons (Fsp3) is 0.214. The van der Waals surface area contributed by atoms with E-state index in [-0.39, 0.29) is 22.2 Å². The summed E-state index contributed by atoms with van der Waals surface area (Å²) in [6.07, 6.45) is 0. The molecule has 0 radical (unpaired) electrons. The number of benzene rings is 1. The van der Waals surface area contributed by atoms with E-state index < -0.39 is 17.6 Å². The summed E-state index contributed by atoms with van der Waals surface area (Å²) in [4.78, 5) is 23.7. The number of aryl methyl sites for hydroxylation is 2. The monoisotopic (exact) mass is 358 g/mol. The molecule has 1 heterocycles. The zero-order chi connectivity index (χ0) is 17.1.